The fourth-order valence-electron chi connectivity index (χ4n) is 3.16. The fraction of sp³-hybridized carbons (Fsp3) is 0.190. The first-order valence-corrected chi connectivity index (χ1v) is 8.34. The molecule has 25 heavy (non-hydrogen) atoms. The minimum absolute atomic E-state index is 0.0146. The molecule has 1 atom stereocenters. The van der Waals surface area contributed by atoms with Crippen molar-refractivity contribution in [1.29, 1.82) is 0 Å². The first-order valence-electron chi connectivity index (χ1n) is 8.34. The van der Waals surface area contributed by atoms with E-state index < -0.39 is 0 Å². The van der Waals surface area contributed by atoms with Crippen LogP contribution in [0.4, 0.5) is 0 Å². The number of carbonyl (C=O) groups excluding carboxylic acids is 1. The maximum absolute atomic E-state index is 12.9. The van der Waals surface area contributed by atoms with Crippen molar-refractivity contribution in [3.63, 3.8) is 0 Å². The summed E-state index contributed by atoms with van der Waals surface area (Å²) in [6.45, 7) is 0.903. The number of amides is 1. The highest BCUT2D eigenvalue weighted by molar-refractivity contribution is 6.06. The van der Waals surface area contributed by atoms with Crippen LogP contribution in [0, 0.1) is 0 Å². The molecule has 1 aliphatic heterocycles. The van der Waals surface area contributed by atoms with Crippen molar-refractivity contribution in [1.82, 2.24) is 4.90 Å². The summed E-state index contributed by atoms with van der Waals surface area (Å²) < 4.78 is 11.7. The lowest BCUT2D eigenvalue weighted by Gasteiger charge is -2.29. The Kier molecular flexibility index (Phi) is 4.02. The summed E-state index contributed by atoms with van der Waals surface area (Å²) in [6, 6.07) is 21.3. The van der Waals surface area contributed by atoms with Crippen molar-refractivity contribution in [3.8, 4) is 11.5 Å². The molecule has 0 radical (unpaired) electrons. The summed E-state index contributed by atoms with van der Waals surface area (Å²) in [7, 11) is 1.80. The maximum atomic E-state index is 12.9. The van der Waals surface area contributed by atoms with Gasteiger partial charge in [0.15, 0.2) is 17.6 Å². The van der Waals surface area contributed by atoms with Crippen LogP contribution < -0.4 is 9.47 Å². The molecule has 126 valence electrons. The van der Waals surface area contributed by atoms with Crippen LogP contribution in [0.1, 0.15) is 10.4 Å². The smallest absolute Gasteiger partial charge is 0.254 e. The van der Waals surface area contributed by atoms with Crippen molar-refractivity contribution in [2.45, 2.75) is 6.10 Å². The number of para-hydroxylation sites is 2. The third-order valence-corrected chi connectivity index (χ3v) is 4.41. The molecule has 1 unspecified atom stereocenters. The van der Waals surface area contributed by atoms with Gasteiger partial charge in [-0.05, 0) is 29.0 Å². The Balaban J connectivity index is 1.51. The van der Waals surface area contributed by atoms with Gasteiger partial charge in [0, 0.05) is 12.6 Å². The highest BCUT2D eigenvalue weighted by Crippen LogP contribution is 2.31. The molecule has 0 fully saturated rings. The van der Waals surface area contributed by atoms with E-state index in [1.807, 2.05) is 66.7 Å². The third-order valence-electron chi connectivity index (χ3n) is 4.41. The molecule has 0 spiro atoms. The Labute approximate surface area is 146 Å². The van der Waals surface area contributed by atoms with E-state index in [0.717, 1.165) is 22.3 Å². The number of fused-ring (bicyclic) bond motifs is 2. The fourth-order valence-corrected chi connectivity index (χ4v) is 3.16. The average Bonchev–Trinajstić information content (AvgIpc) is 2.67. The van der Waals surface area contributed by atoms with Gasteiger partial charge in [-0.2, -0.15) is 0 Å². The molecule has 4 heteroatoms. The average molecular weight is 333 g/mol. The summed E-state index contributed by atoms with van der Waals surface area (Å²) >= 11 is 0. The molecule has 0 bridgehead atoms. The van der Waals surface area contributed by atoms with Crippen molar-refractivity contribution in [2.24, 2.45) is 0 Å². The van der Waals surface area contributed by atoms with E-state index in [1.54, 1.807) is 11.9 Å². The molecule has 1 aliphatic rings. The summed E-state index contributed by atoms with van der Waals surface area (Å²) in [6.07, 6.45) is -0.182. The zero-order chi connectivity index (χ0) is 17.2. The molecular weight excluding hydrogens is 314 g/mol. The number of nitrogens with zero attached hydrogens (tertiary/aromatic N) is 1. The number of benzene rings is 3. The SMILES string of the molecule is CN(CC1COc2ccccc2O1)C(=O)c1cccc2ccccc12. The van der Waals surface area contributed by atoms with Crippen LogP contribution in [0.25, 0.3) is 10.8 Å². The number of hydrogen-bond donors (Lipinski definition) is 0. The van der Waals surface area contributed by atoms with Crippen LogP contribution in [-0.4, -0.2) is 37.1 Å². The summed E-state index contributed by atoms with van der Waals surface area (Å²) in [4.78, 5) is 14.6. The monoisotopic (exact) mass is 333 g/mol. The first-order chi connectivity index (χ1) is 12.2. The van der Waals surface area contributed by atoms with Crippen molar-refractivity contribution in [2.75, 3.05) is 20.2 Å². The third kappa shape index (κ3) is 3.03. The van der Waals surface area contributed by atoms with Crippen LogP contribution in [0.2, 0.25) is 0 Å². The van der Waals surface area contributed by atoms with E-state index in [1.165, 1.54) is 0 Å². The van der Waals surface area contributed by atoms with Gasteiger partial charge < -0.3 is 14.4 Å². The first kappa shape index (κ1) is 15.5. The number of carbonyl (C=O) groups is 1. The highest BCUT2D eigenvalue weighted by atomic mass is 16.6. The Morgan fingerprint density at radius 3 is 2.60 bits per heavy atom. The summed E-state index contributed by atoms with van der Waals surface area (Å²) in [5.41, 5.74) is 0.706. The van der Waals surface area contributed by atoms with Crippen LogP contribution in [0.5, 0.6) is 11.5 Å². The number of likely N-dealkylation sites (N-methyl/N-ethyl adjacent to an activating group) is 1. The van der Waals surface area contributed by atoms with Crippen LogP contribution in [-0.2, 0) is 0 Å². The quantitative estimate of drug-likeness (QED) is 0.733. The van der Waals surface area contributed by atoms with Gasteiger partial charge in [-0.15, -0.1) is 0 Å². The molecular formula is C21H19NO3. The minimum atomic E-state index is -0.182. The van der Waals surface area contributed by atoms with E-state index in [-0.39, 0.29) is 12.0 Å². The molecule has 0 aliphatic carbocycles. The number of rotatable bonds is 3. The topological polar surface area (TPSA) is 38.8 Å². The molecule has 3 aromatic carbocycles. The van der Waals surface area contributed by atoms with Gasteiger partial charge in [-0.1, -0.05) is 48.5 Å². The predicted molar refractivity (Wildman–Crippen MR) is 97.3 cm³/mol. The second kappa shape index (κ2) is 6.48. The highest BCUT2D eigenvalue weighted by Gasteiger charge is 2.24. The van der Waals surface area contributed by atoms with Gasteiger partial charge >= 0.3 is 0 Å². The number of ether oxygens (including phenoxy) is 2. The van der Waals surface area contributed by atoms with E-state index in [2.05, 4.69) is 0 Å². The maximum Gasteiger partial charge on any atom is 0.254 e. The number of hydrogen-bond acceptors (Lipinski definition) is 3. The molecule has 4 nitrogen and oxygen atoms in total. The van der Waals surface area contributed by atoms with Crippen molar-refractivity contribution < 1.29 is 14.3 Å². The molecule has 1 heterocycles. The zero-order valence-corrected chi connectivity index (χ0v) is 14.0. The lowest BCUT2D eigenvalue weighted by molar-refractivity contribution is 0.0522. The van der Waals surface area contributed by atoms with Crippen LogP contribution in [0.15, 0.2) is 66.7 Å². The molecule has 0 saturated heterocycles. The minimum Gasteiger partial charge on any atom is -0.486 e. The van der Waals surface area contributed by atoms with Gasteiger partial charge in [0.1, 0.15) is 6.61 Å². The van der Waals surface area contributed by atoms with Gasteiger partial charge in [-0.25, -0.2) is 0 Å². The van der Waals surface area contributed by atoms with Crippen LogP contribution in [0.3, 0.4) is 0 Å². The predicted octanol–water partition coefficient (Wildman–Crippen LogP) is 3.75. The van der Waals surface area contributed by atoms with E-state index in [4.69, 9.17) is 9.47 Å². The second-order valence-corrected chi connectivity index (χ2v) is 6.21. The molecule has 0 aromatic heterocycles. The van der Waals surface area contributed by atoms with Gasteiger partial charge in [0.05, 0.1) is 6.54 Å². The largest absolute Gasteiger partial charge is 0.486 e. The van der Waals surface area contributed by atoms with Crippen LogP contribution >= 0.6 is 0 Å². The van der Waals surface area contributed by atoms with Crippen molar-refractivity contribution >= 4 is 16.7 Å². The Morgan fingerprint density at radius 1 is 1.00 bits per heavy atom. The summed E-state index contributed by atoms with van der Waals surface area (Å²) in [5.74, 6) is 1.46. The lowest BCUT2D eigenvalue weighted by Crippen LogP contribution is -2.41. The second-order valence-electron chi connectivity index (χ2n) is 6.21. The van der Waals surface area contributed by atoms with Gasteiger partial charge in [-0.3, -0.25) is 4.79 Å². The Bertz CT molecular complexity index is 916. The molecule has 1 amide bonds. The normalized spacial score (nSPS) is 15.8. The van der Waals surface area contributed by atoms with E-state index in [0.29, 0.717) is 18.7 Å². The summed E-state index contributed by atoms with van der Waals surface area (Å²) in [5, 5.41) is 2.03. The standard InChI is InChI=1S/C21H19NO3/c1-22(13-16-14-24-19-11-4-5-12-20(19)25-16)21(23)18-10-6-8-15-7-2-3-9-17(15)18/h2-12,16H,13-14H2,1H3. The van der Waals surface area contributed by atoms with Gasteiger partial charge in [0.25, 0.3) is 5.91 Å². The van der Waals surface area contributed by atoms with E-state index in [9.17, 15) is 4.79 Å². The zero-order valence-electron chi connectivity index (χ0n) is 14.0. The molecule has 3 aromatic rings. The van der Waals surface area contributed by atoms with E-state index >= 15 is 0 Å². The molecule has 4 rings (SSSR count). The lowest BCUT2D eigenvalue weighted by atomic mass is 10.0. The molecule has 0 N–H and O–H groups in total. The molecule has 0 saturated carbocycles. The Hall–Kier alpha value is -3.01. The van der Waals surface area contributed by atoms with Gasteiger partial charge in [0.2, 0.25) is 0 Å². The van der Waals surface area contributed by atoms with Crippen molar-refractivity contribution in [3.05, 3.63) is 72.3 Å². The Morgan fingerprint density at radius 2 is 1.72 bits per heavy atom.